The molecule has 0 aromatic heterocycles. The molecule has 1 aliphatic carbocycles. The van der Waals surface area contributed by atoms with Crippen molar-refractivity contribution in [3.8, 4) is 44.5 Å². The largest absolute Gasteiger partial charge is 0.310 e. The summed E-state index contributed by atoms with van der Waals surface area (Å²) >= 11 is 0. The summed E-state index contributed by atoms with van der Waals surface area (Å²) in [5.41, 5.74) is 15.9. The van der Waals surface area contributed by atoms with Gasteiger partial charge in [0.15, 0.2) is 0 Å². The fourth-order valence-electron chi connectivity index (χ4n) is 7.61. The predicted molar refractivity (Wildman–Crippen MR) is 227 cm³/mol. The van der Waals surface area contributed by atoms with E-state index in [-0.39, 0.29) is 0 Å². The van der Waals surface area contributed by atoms with Gasteiger partial charge in [0.25, 0.3) is 0 Å². The normalized spacial score (nSPS) is 12.4. The Bertz CT molecular complexity index is 2550. The zero-order valence-electron chi connectivity index (χ0n) is 29.6. The lowest BCUT2D eigenvalue weighted by Crippen LogP contribution is -2.11. The molecule has 1 nitrogen and oxygen atoms in total. The van der Waals surface area contributed by atoms with Crippen LogP contribution >= 0.6 is 0 Å². The van der Waals surface area contributed by atoms with Crippen molar-refractivity contribution in [2.75, 3.05) is 4.90 Å². The molecule has 53 heavy (non-hydrogen) atoms. The summed E-state index contributed by atoms with van der Waals surface area (Å²) in [7, 11) is 0. The van der Waals surface area contributed by atoms with E-state index < -0.39 is 0 Å². The zero-order chi connectivity index (χ0) is 35.4. The first-order chi connectivity index (χ1) is 26.3. The van der Waals surface area contributed by atoms with Gasteiger partial charge < -0.3 is 4.90 Å². The molecular weight excluding hydrogens is 639 g/mol. The van der Waals surface area contributed by atoms with Gasteiger partial charge in [-0.1, -0.05) is 182 Å². The Morgan fingerprint density at radius 1 is 0.377 bits per heavy atom. The first-order valence-electron chi connectivity index (χ1n) is 18.5. The highest BCUT2D eigenvalue weighted by atomic mass is 15.1. The van der Waals surface area contributed by atoms with Crippen molar-refractivity contribution in [3.05, 3.63) is 218 Å². The first kappa shape index (κ1) is 32.2. The summed E-state index contributed by atoms with van der Waals surface area (Å²) in [5, 5.41) is 2.45. The van der Waals surface area contributed by atoms with Gasteiger partial charge in [0.1, 0.15) is 0 Å². The molecule has 0 heterocycles. The molecule has 0 atom stereocenters. The van der Waals surface area contributed by atoms with Crippen LogP contribution in [0.1, 0.15) is 18.4 Å². The van der Waals surface area contributed by atoms with Gasteiger partial charge in [0.2, 0.25) is 0 Å². The standard InChI is InChI=1S/C52H39N/c1-4-13-38(14-5-1)40-23-25-41(26-24-40)42-27-29-46(30-28-42)49-36-35-48(37-51(49)45-17-8-3-9-18-45)53(52-22-12-20-44-19-10-11-21-50(44)52)47-33-31-43(32-34-47)39-15-6-2-7-16-39/h1-8,10-17,19-37H,9,18H2. The molecule has 252 valence electrons. The Kier molecular flexibility index (Phi) is 8.82. The second kappa shape index (κ2) is 14.5. The van der Waals surface area contributed by atoms with Gasteiger partial charge in [-0.25, -0.2) is 0 Å². The quantitative estimate of drug-likeness (QED) is 0.155. The van der Waals surface area contributed by atoms with Crippen LogP contribution in [-0.4, -0.2) is 0 Å². The molecule has 1 aliphatic rings. The molecule has 0 fully saturated rings. The number of benzene rings is 8. The van der Waals surface area contributed by atoms with Crippen LogP contribution in [0, 0.1) is 0 Å². The van der Waals surface area contributed by atoms with Crippen molar-refractivity contribution in [1.29, 1.82) is 0 Å². The third-order valence-electron chi connectivity index (χ3n) is 10.4. The Morgan fingerprint density at radius 3 is 1.49 bits per heavy atom. The molecular formula is C52H39N. The van der Waals surface area contributed by atoms with Gasteiger partial charge in [0, 0.05) is 16.8 Å². The average molecular weight is 678 g/mol. The number of hydrogen-bond acceptors (Lipinski definition) is 1. The lowest BCUT2D eigenvalue weighted by molar-refractivity contribution is 1.05. The molecule has 0 saturated carbocycles. The number of anilines is 3. The SMILES string of the molecule is C1=CCCC(c2cc(N(c3ccc(-c4ccccc4)cc3)c3cccc4ccccc34)ccc2-c2ccc(-c3ccc(-c4ccccc4)cc3)cc2)=C1. The van der Waals surface area contributed by atoms with Gasteiger partial charge in [-0.05, 0) is 104 Å². The fourth-order valence-corrected chi connectivity index (χ4v) is 7.61. The number of hydrogen-bond donors (Lipinski definition) is 0. The van der Waals surface area contributed by atoms with Crippen LogP contribution < -0.4 is 4.90 Å². The Hall–Kier alpha value is -6.70. The molecule has 0 bridgehead atoms. The molecule has 0 aliphatic heterocycles. The fraction of sp³-hybridized carbons (Fsp3) is 0.0385. The number of fused-ring (bicyclic) bond motifs is 1. The van der Waals surface area contributed by atoms with Crippen LogP contribution in [0.25, 0.3) is 60.9 Å². The monoisotopic (exact) mass is 677 g/mol. The van der Waals surface area contributed by atoms with Gasteiger partial charge >= 0.3 is 0 Å². The van der Waals surface area contributed by atoms with Crippen LogP contribution in [0.4, 0.5) is 17.1 Å². The maximum absolute atomic E-state index is 2.42. The van der Waals surface area contributed by atoms with E-state index in [9.17, 15) is 0 Å². The van der Waals surface area contributed by atoms with Crippen molar-refractivity contribution in [1.82, 2.24) is 0 Å². The minimum absolute atomic E-state index is 1.01. The van der Waals surface area contributed by atoms with Crippen molar-refractivity contribution in [2.24, 2.45) is 0 Å². The maximum atomic E-state index is 2.42. The number of allylic oxidation sites excluding steroid dienone is 4. The second-order valence-electron chi connectivity index (χ2n) is 13.7. The second-order valence-corrected chi connectivity index (χ2v) is 13.7. The van der Waals surface area contributed by atoms with Crippen molar-refractivity contribution < 1.29 is 0 Å². The molecule has 1 heteroatoms. The minimum Gasteiger partial charge on any atom is -0.310 e. The summed E-state index contributed by atoms with van der Waals surface area (Å²) in [5.74, 6) is 0. The van der Waals surface area contributed by atoms with Crippen LogP contribution in [0.2, 0.25) is 0 Å². The molecule has 9 rings (SSSR count). The first-order valence-corrected chi connectivity index (χ1v) is 18.5. The minimum atomic E-state index is 1.01. The molecule has 0 N–H and O–H groups in total. The van der Waals surface area contributed by atoms with Crippen LogP contribution in [0.3, 0.4) is 0 Å². The highest BCUT2D eigenvalue weighted by Crippen LogP contribution is 2.43. The third-order valence-corrected chi connectivity index (χ3v) is 10.4. The van der Waals surface area contributed by atoms with E-state index in [2.05, 4.69) is 217 Å². The topological polar surface area (TPSA) is 3.24 Å². The van der Waals surface area contributed by atoms with Gasteiger partial charge in [-0.15, -0.1) is 0 Å². The van der Waals surface area contributed by atoms with Gasteiger partial charge in [-0.3, -0.25) is 0 Å². The Labute approximate surface area is 312 Å². The highest BCUT2D eigenvalue weighted by molar-refractivity contribution is 5.99. The number of nitrogens with zero attached hydrogens (tertiary/aromatic N) is 1. The Balaban J connectivity index is 1.13. The van der Waals surface area contributed by atoms with Gasteiger partial charge in [-0.2, -0.15) is 0 Å². The Morgan fingerprint density at radius 2 is 0.887 bits per heavy atom. The summed E-state index contributed by atoms with van der Waals surface area (Å²) in [6.45, 7) is 0. The van der Waals surface area contributed by atoms with E-state index in [0.717, 1.165) is 29.9 Å². The maximum Gasteiger partial charge on any atom is 0.0540 e. The van der Waals surface area contributed by atoms with Crippen molar-refractivity contribution in [2.45, 2.75) is 12.8 Å². The van der Waals surface area contributed by atoms with Crippen molar-refractivity contribution in [3.63, 3.8) is 0 Å². The summed E-state index contributed by atoms with van der Waals surface area (Å²) in [6.07, 6.45) is 8.83. The molecule has 0 saturated heterocycles. The third kappa shape index (κ3) is 6.62. The smallest absolute Gasteiger partial charge is 0.0540 e. The zero-order valence-corrected chi connectivity index (χ0v) is 29.6. The van der Waals surface area contributed by atoms with E-state index in [1.54, 1.807) is 0 Å². The van der Waals surface area contributed by atoms with E-state index in [4.69, 9.17) is 0 Å². The molecule has 0 spiro atoms. The van der Waals surface area contributed by atoms with Crippen molar-refractivity contribution >= 4 is 33.4 Å². The predicted octanol–water partition coefficient (Wildman–Crippen LogP) is 14.7. The van der Waals surface area contributed by atoms with E-state index in [1.165, 1.54) is 66.4 Å². The molecule has 0 radical (unpaired) electrons. The molecule has 8 aromatic rings. The summed E-state index contributed by atoms with van der Waals surface area (Å²) < 4.78 is 0. The lowest BCUT2D eigenvalue weighted by atomic mass is 9.89. The molecule has 0 amide bonds. The lowest BCUT2D eigenvalue weighted by Gasteiger charge is -2.28. The summed E-state index contributed by atoms with van der Waals surface area (Å²) in [4.78, 5) is 2.42. The average Bonchev–Trinajstić information content (AvgIpc) is 3.25. The van der Waals surface area contributed by atoms with E-state index >= 15 is 0 Å². The highest BCUT2D eigenvalue weighted by Gasteiger charge is 2.19. The van der Waals surface area contributed by atoms with E-state index in [1.807, 2.05) is 0 Å². The molecule has 8 aromatic carbocycles. The van der Waals surface area contributed by atoms with E-state index in [0.29, 0.717) is 0 Å². The summed E-state index contributed by atoms with van der Waals surface area (Å²) in [6, 6.07) is 70.4. The molecule has 0 unspecified atom stereocenters. The van der Waals surface area contributed by atoms with Gasteiger partial charge in [0.05, 0.1) is 5.69 Å². The van der Waals surface area contributed by atoms with Crippen LogP contribution in [-0.2, 0) is 0 Å². The van der Waals surface area contributed by atoms with Crippen LogP contribution in [0.5, 0.6) is 0 Å². The number of rotatable bonds is 8. The van der Waals surface area contributed by atoms with Crippen LogP contribution in [0.15, 0.2) is 212 Å².